The molecule has 0 aliphatic heterocycles. The molecule has 0 fully saturated rings. The first-order valence-corrected chi connectivity index (χ1v) is 9.55. The minimum atomic E-state index is -1.05. The normalized spacial score (nSPS) is 14.1. The second-order valence-corrected chi connectivity index (χ2v) is 9.99. The molecule has 1 atom stereocenters. The number of phenols is 1. The number of carbonyl (C=O) groups is 1. The third kappa shape index (κ3) is 5.94. The molecule has 1 unspecified atom stereocenters. The average molecular weight is 380 g/mol. The molecule has 0 aliphatic carbocycles. The number of rotatable bonds is 6. The zero-order chi connectivity index (χ0) is 21.2. The van der Waals surface area contributed by atoms with Crippen molar-refractivity contribution in [1.82, 2.24) is 5.32 Å². The molecular weight excluding hydrogens is 342 g/mol. The van der Waals surface area contributed by atoms with Gasteiger partial charge in [0.2, 0.25) is 5.91 Å². The number of hydrogen-bond donors (Lipinski definition) is 4. The van der Waals surface area contributed by atoms with E-state index in [2.05, 4.69) is 52.9 Å². The maximum Gasteiger partial charge on any atom is 0.221 e. The predicted molar refractivity (Wildman–Crippen MR) is 109 cm³/mol. The van der Waals surface area contributed by atoms with Gasteiger partial charge in [0.1, 0.15) is 5.75 Å². The molecule has 0 aliphatic rings. The van der Waals surface area contributed by atoms with Gasteiger partial charge in [0, 0.05) is 6.42 Å². The Morgan fingerprint density at radius 2 is 1.52 bits per heavy atom. The van der Waals surface area contributed by atoms with Gasteiger partial charge in [0.25, 0.3) is 0 Å². The molecule has 1 amide bonds. The van der Waals surface area contributed by atoms with Crippen LogP contribution in [0, 0.1) is 0 Å². The summed E-state index contributed by atoms with van der Waals surface area (Å²) in [6, 6.07) is 4.04. The molecule has 27 heavy (non-hydrogen) atoms. The second kappa shape index (κ2) is 8.19. The zero-order valence-corrected chi connectivity index (χ0v) is 18.1. The van der Waals surface area contributed by atoms with Crippen molar-refractivity contribution in [2.24, 2.45) is 0 Å². The van der Waals surface area contributed by atoms with E-state index in [-0.39, 0.29) is 48.0 Å². The molecule has 0 aromatic heterocycles. The van der Waals surface area contributed by atoms with Gasteiger partial charge in [-0.25, -0.2) is 0 Å². The molecule has 154 valence electrons. The molecule has 1 rings (SSSR count). The van der Waals surface area contributed by atoms with E-state index in [0.717, 1.165) is 16.7 Å². The van der Waals surface area contributed by atoms with Crippen LogP contribution in [-0.2, 0) is 15.6 Å². The van der Waals surface area contributed by atoms with Crippen LogP contribution in [0.15, 0.2) is 12.1 Å². The molecule has 0 spiro atoms. The van der Waals surface area contributed by atoms with Gasteiger partial charge in [-0.15, -0.1) is 0 Å². The van der Waals surface area contributed by atoms with Gasteiger partial charge in [-0.05, 0) is 40.4 Å². The third-order valence-electron chi connectivity index (χ3n) is 4.98. The summed E-state index contributed by atoms with van der Waals surface area (Å²) in [4.78, 5) is 12.4. The van der Waals surface area contributed by atoms with E-state index in [9.17, 15) is 20.1 Å². The van der Waals surface area contributed by atoms with E-state index in [1.807, 2.05) is 13.0 Å². The van der Waals surface area contributed by atoms with E-state index >= 15 is 0 Å². The highest BCUT2D eigenvalue weighted by Gasteiger charge is 2.29. The van der Waals surface area contributed by atoms with E-state index in [0.29, 0.717) is 0 Å². The topological polar surface area (TPSA) is 89.8 Å². The summed E-state index contributed by atoms with van der Waals surface area (Å²) in [6.45, 7) is 15.4. The fourth-order valence-corrected chi connectivity index (χ4v) is 2.94. The maximum absolute atomic E-state index is 12.4. The Morgan fingerprint density at radius 3 is 1.93 bits per heavy atom. The van der Waals surface area contributed by atoms with Crippen molar-refractivity contribution in [1.29, 1.82) is 0 Å². The predicted octanol–water partition coefficient (Wildman–Crippen LogP) is 3.34. The number of aliphatic hydroxyl groups excluding tert-OH is 2. The van der Waals surface area contributed by atoms with E-state index in [1.165, 1.54) is 0 Å². The lowest BCUT2D eigenvalue weighted by Gasteiger charge is -2.30. The van der Waals surface area contributed by atoms with E-state index in [1.54, 1.807) is 6.92 Å². The smallest absolute Gasteiger partial charge is 0.221 e. The molecule has 0 saturated carbocycles. The number of hydrogen-bond acceptors (Lipinski definition) is 4. The van der Waals surface area contributed by atoms with Crippen LogP contribution in [0.1, 0.15) is 84.4 Å². The van der Waals surface area contributed by atoms with Crippen molar-refractivity contribution in [2.75, 3.05) is 13.2 Å². The molecule has 1 aromatic carbocycles. The Balaban J connectivity index is 3.26. The molecule has 0 radical (unpaired) electrons. The van der Waals surface area contributed by atoms with Crippen LogP contribution in [0.4, 0.5) is 0 Å². The van der Waals surface area contributed by atoms with Gasteiger partial charge < -0.3 is 20.6 Å². The maximum atomic E-state index is 12.4. The highest BCUT2D eigenvalue weighted by Crippen LogP contribution is 2.41. The molecule has 5 heteroatoms. The molecule has 0 bridgehead atoms. The van der Waals surface area contributed by atoms with Crippen molar-refractivity contribution in [2.45, 2.75) is 84.1 Å². The van der Waals surface area contributed by atoms with Gasteiger partial charge in [-0.3, -0.25) is 4.79 Å². The number of aliphatic hydroxyl groups is 2. The summed E-state index contributed by atoms with van der Waals surface area (Å²) >= 11 is 0. The zero-order valence-electron chi connectivity index (χ0n) is 18.1. The van der Waals surface area contributed by atoms with E-state index in [4.69, 9.17) is 0 Å². The summed E-state index contributed by atoms with van der Waals surface area (Å²) in [7, 11) is 0. The number of aromatic hydroxyl groups is 1. The van der Waals surface area contributed by atoms with Crippen molar-refractivity contribution in [3.05, 3.63) is 28.8 Å². The minimum Gasteiger partial charge on any atom is -0.507 e. The Labute approximate surface area is 163 Å². The first-order chi connectivity index (χ1) is 12.1. The Bertz CT molecular complexity index is 664. The number of amides is 1. The average Bonchev–Trinajstić information content (AvgIpc) is 2.52. The third-order valence-corrected chi connectivity index (χ3v) is 4.98. The van der Waals surface area contributed by atoms with Crippen molar-refractivity contribution < 1.29 is 20.1 Å². The highest BCUT2D eigenvalue weighted by molar-refractivity contribution is 5.78. The van der Waals surface area contributed by atoms with Gasteiger partial charge in [0.15, 0.2) is 0 Å². The van der Waals surface area contributed by atoms with Gasteiger partial charge >= 0.3 is 0 Å². The highest BCUT2D eigenvalue weighted by atomic mass is 16.3. The first-order valence-electron chi connectivity index (χ1n) is 9.55. The van der Waals surface area contributed by atoms with Crippen LogP contribution in [0.3, 0.4) is 0 Å². The largest absolute Gasteiger partial charge is 0.507 e. The fraction of sp³-hybridized carbons (Fsp3) is 0.682. The van der Waals surface area contributed by atoms with Gasteiger partial charge in [0.05, 0.1) is 18.8 Å². The summed E-state index contributed by atoms with van der Waals surface area (Å²) in [6.07, 6.45) is 0.153. The molecule has 0 heterocycles. The number of phenolic OH excluding ortho intramolecular Hbond substituents is 1. The van der Waals surface area contributed by atoms with Gasteiger partial charge in [-0.2, -0.15) is 0 Å². The summed E-state index contributed by atoms with van der Waals surface area (Å²) < 4.78 is 0. The lowest BCUT2D eigenvalue weighted by molar-refractivity contribution is -0.124. The van der Waals surface area contributed by atoms with Crippen molar-refractivity contribution in [3.8, 4) is 5.75 Å². The summed E-state index contributed by atoms with van der Waals surface area (Å²) in [5.74, 6) is -0.246. The van der Waals surface area contributed by atoms with Crippen molar-refractivity contribution >= 4 is 5.91 Å². The van der Waals surface area contributed by atoms with Crippen LogP contribution in [0.25, 0.3) is 0 Å². The Kier molecular flexibility index (Phi) is 7.11. The summed E-state index contributed by atoms with van der Waals surface area (Å²) in [5.41, 5.74) is 1.36. The Morgan fingerprint density at radius 1 is 1.00 bits per heavy atom. The standard InChI is InChI=1S/C22H37NO4/c1-14(9-18(26)23-22(8,12-24)13-25)16-10-15(20(2,3)4)11-17(19(16)27)21(5,6)7/h10-11,14,24-25,27H,9,12-13H2,1-8H3,(H,23,26). The molecule has 1 aromatic rings. The van der Waals surface area contributed by atoms with Crippen LogP contribution < -0.4 is 5.32 Å². The first kappa shape index (κ1) is 23.4. The van der Waals surface area contributed by atoms with E-state index < -0.39 is 5.54 Å². The minimum absolute atomic E-state index is 0.0865. The molecular formula is C22H37NO4. The van der Waals surface area contributed by atoms with Crippen LogP contribution in [0.5, 0.6) is 5.75 Å². The monoisotopic (exact) mass is 379 g/mol. The lowest BCUT2D eigenvalue weighted by Crippen LogP contribution is -2.51. The second-order valence-electron chi connectivity index (χ2n) is 9.99. The number of benzene rings is 1. The number of carbonyl (C=O) groups excluding carboxylic acids is 1. The van der Waals surface area contributed by atoms with Crippen LogP contribution >= 0.6 is 0 Å². The van der Waals surface area contributed by atoms with Crippen molar-refractivity contribution in [3.63, 3.8) is 0 Å². The summed E-state index contributed by atoms with van der Waals surface area (Å²) in [5, 5.41) is 32.3. The molecule has 4 N–H and O–H groups in total. The van der Waals surface area contributed by atoms with Gasteiger partial charge in [-0.1, -0.05) is 60.6 Å². The van der Waals surface area contributed by atoms with Crippen LogP contribution in [0.2, 0.25) is 0 Å². The van der Waals surface area contributed by atoms with Crippen LogP contribution in [-0.4, -0.2) is 40.0 Å². The molecule has 5 nitrogen and oxygen atoms in total. The number of nitrogens with one attached hydrogen (secondary N) is 1. The Hall–Kier alpha value is -1.59. The lowest BCUT2D eigenvalue weighted by atomic mass is 9.77. The quantitative estimate of drug-likeness (QED) is 0.610. The molecule has 0 saturated heterocycles. The SMILES string of the molecule is CC(CC(=O)NC(C)(CO)CO)c1cc(C(C)(C)C)cc(C(C)(C)C)c1O. The fourth-order valence-electron chi connectivity index (χ4n) is 2.94.